The highest BCUT2D eigenvalue weighted by Gasteiger charge is 2.53. The van der Waals surface area contributed by atoms with Crippen LogP contribution in [-0.2, 0) is 20.3 Å². The zero-order valence-electron chi connectivity index (χ0n) is 22.5. The van der Waals surface area contributed by atoms with Crippen LogP contribution in [0, 0.1) is 13.8 Å². The Morgan fingerprint density at radius 1 is 0.657 bits per heavy atom. The van der Waals surface area contributed by atoms with Crippen molar-refractivity contribution >= 4 is 0 Å². The SMILES string of the molecule is COCCOc1cc2c(cc1C)C(C)(C)CC1(CC(C)(C)c3cc(OCCOC)c(C)cc3O1)O2. The van der Waals surface area contributed by atoms with E-state index in [9.17, 15) is 0 Å². The van der Waals surface area contributed by atoms with E-state index < -0.39 is 5.79 Å². The fourth-order valence-electron chi connectivity index (χ4n) is 5.50. The molecule has 1 spiro atoms. The molecule has 0 amide bonds. The van der Waals surface area contributed by atoms with Gasteiger partial charge >= 0.3 is 0 Å². The maximum Gasteiger partial charge on any atom is 0.252 e. The molecule has 2 aliphatic heterocycles. The highest BCUT2D eigenvalue weighted by atomic mass is 16.7. The fraction of sp³-hybridized carbons (Fsp3) is 0.586. The summed E-state index contributed by atoms with van der Waals surface area (Å²) < 4.78 is 35.8. The van der Waals surface area contributed by atoms with E-state index >= 15 is 0 Å². The summed E-state index contributed by atoms with van der Waals surface area (Å²) in [4.78, 5) is 0. The predicted octanol–water partition coefficient (Wildman–Crippen LogP) is 5.87. The number of hydrogen-bond acceptors (Lipinski definition) is 6. The summed E-state index contributed by atoms with van der Waals surface area (Å²) in [5, 5.41) is 0. The first-order valence-corrected chi connectivity index (χ1v) is 12.4. The number of methoxy groups -OCH3 is 2. The molecule has 1 unspecified atom stereocenters. The molecule has 4 rings (SSSR count). The number of fused-ring (bicyclic) bond motifs is 2. The van der Waals surface area contributed by atoms with Gasteiger partial charge in [0.05, 0.1) is 13.2 Å². The first-order valence-electron chi connectivity index (χ1n) is 12.4. The summed E-state index contributed by atoms with van der Waals surface area (Å²) in [7, 11) is 3.36. The highest BCUT2D eigenvalue weighted by molar-refractivity contribution is 5.53. The normalized spacial score (nSPS) is 21.5. The van der Waals surface area contributed by atoms with Crippen molar-refractivity contribution in [2.45, 2.75) is 71.0 Å². The van der Waals surface area contributed by atoms with Crippen LogP contribution in [0.3, 0.4) is 0 Å². The molecule has 2 aliphatic rings. The monoisotopic (exact) mass is 484 g/mol. The van der Waals surface area contributed by atoms with Gasteiger partial charge in [-0.2, -0.15) is 0 Å². The molecule has 6 heteroatoms. The van der Waals surface area contributed by atoms with E-state index in [1.165, 1.54) is 5.56 Å². The molecule has 35 heavy (non-hydrogen) atoms. The minimum atomic E-state index is -0.767. The Morgan fingerprint density at radius 2 is 1.11 bits per heavy atom. The second kappa shape index (κ2) is 9.55. The smallest absolute Gasteiger partial charge is 0.252 e. The first-order chi connectivity index (χ1) is 16.5. The lowest BCUT2D eigenvalue weighted by Crippen LogP contribution is -2.55. The van der Waals surface area contributed by atoms with Crippen LogP contribution in [0.5, 0.6) is 23.0 Å². The molecule has 1 atom stereocenters. The van der Waals surface area contributed by atoms with Crippen molar-refractivity contribution in [3.05, 3.63) is 46.5 Å². The summed E-state index contributed by atoms with van der Waals surface area (Å²) in [6.45, 7) is 15.3. The quantitative estimate of drug-likeness (QED) is 0.437. The van der Waals surface area contributed by atoms with Crippen LogP contribution in [0.2, 0.25) is 0 Å². The summed E-state index contributed by atoms with van der Waals surface area (Å²) in [5.41, 5.74) is 4.16. The van der Waals surface area contributed by atoms with Gasteiger partial charge in [-0.3, -0.25) is 0 Å². The zero-order chi connectivity index (χ0) is 25.4. The Hall–Kier alpha value is -2.44. The van der Waals surface area contributed by atoms with Crippen molar-refractivity contribution < 1.29 is 28.4 Å². The molecular formula is C29H40O6. The van der Waals surface area contributed by atoms with Gasteiger partial charge in [-0.15, -0.1) is 0 Å². The Bertz CT molecular complexity index is 1070. The topological polar surface area (TPSA) is 55.4 Å². The van der Waals surface area contributed by atoms with E-state index in [0.29, 0.717) is 26.4 Å². The van der Waals surface area contributed by atoms with Crippen LogP contribution in [0.15, 0.2) is 24.3 Å². The van der Waals surface area contributed by atoms with Gasteiger partial charge in [0.25, 0.3) is 5.79 Å². The van der Waals surface area contributed by atoms with Gasteiger partial charge in [-0.05, 0) is 43.2 Å². The van der Waals surface area contributed by atoms with Crippen LogP contribution >= 0.6 is 0 Å². The number of hydrogen-bond donors (Lipinski definition) is 0. The van der Waals surface area contributed by atoms with E-state index in [1.54, 1.807) is 14.2 Å². The molecular weight excluding hydrogens is 444 g/mol. The molecule has 0 N–H and O–H groups in total. The molecule has 0 aliphatic carbocycles. The number of aryl methyl sites for hydroxylation is 2. The second-order valence-corrected chi connectivity index (χ2v) is 11.1. The Balaban J connectivity index is 1.69. The Kier molecular flexibility index (Phi) is 7.00. The van der Waals surface area contributed by atoms with Crippen molar-refractivity contribution in [1.82, 2.24) is 0 Å². The van der Waals surface area contributed by atoms with Gasteiger partial charge in [0.15, 0.2) is 0 Å². The van der Waals surface area contributed by atoms with Crippen molar-refractivity contribution in [1.29, 1.82) is 0 Å². The van der Waals surface area contributed by atoms with Crippen molar-refractivity contribution in [2.24, 2.45) is 0 Å². The van der Waals surface area contributed by atoms with Gasteiger partial charge < -0.3 is 28.4 Å². The lowest BCUT2D eigenvalue weighted by Gasteiger charge is -2.51. The molecule has 2 heterocycles. The van der Waals surface area contributed by atoms with Crippen molar-refractivity contribution in [3.8, 4) is 23.0 Å². The van der Waals surface area contributed by atoms with Gasteiger partial charge in [0.2, 0.25) is 0 Å². The second-order valence-electron chi connectivity index (χ2n) is 11.1. The van der Waals surface area contributed by atoms with E-state index in [0.717, 1.165) is 52.5 Å². The van der Waals surface area contributed by atoms with Crippen LogP contribution in [0.4, 0.5) is 0 Å². The van der Waals surface area contributed by atoms with Crippen LogP contribution in [0.25, 0.3) is 0 Å². The maximum atomic E-state index is 6.76. The number of rotatable bonds is 8. The zero-order valence-corrected chi connectivity index (χ0v) is 22.5. The molecule has 0 saturated heterocycles. The lowest BCUT2D eigenvalue weighted by molar-refractivity contribution is -0.166. The van der Waals surface area contributed by atoms with Gasteiger partial charge in [0, 0.05) is 55.1 Å². The first kappa shape index (κ1) is 25.6. The lowest BCUT2D eigenvalue weighted by atomic mass is 9.69. The molecule has 0 fully saturated rings. The minimum absolute atomic E-state index is 0.130. The van der Waals surface area contributed by atoms with E-state index in [-0.39, 0.29) is 10.8 Å². The molecule has 0 aromatic heterocycles. The molecule has 0 radical (unpaired) electrons. The third kappa shape index (κ3) is 5.10. The van der Waals surface area contributed by atoms with Crippen molar-refractivity contribution in [2.75, 3.05) is 40.6 Å². The summed E-state index contributed by atoms with van der Waals surface area (Å²) in [5.74, 6) is 2.61. The van der Waals surface area contributed by atoms with Crippen LogP contribution in [-0.4, -0.2) is 46.4 Å². The molecule has 0 saturated carbocycles. The van der Waals surface area contributed by atoms with E-state index in [2.05, 4.69) is 52.8 Å². The van der Waals surface area contributed by atoms with Gasteiger partial charge in [0.1, 0.15) is 36.2 Å². The third-order valence-electron chi connectivity index (χ3n) is 7.12. The fourth-order valence-corrected chi connectivity index (χ4v) is 5.50. The maximum absolute atomic E-state index is 6.76. The molecule has 2 aromatic rings. The Morgan fingerprint density at radius 3 is 1.66 bits per heavy atom. The predicted molar refractivity (Wildman–Crippen MR) is 136 cm³/mol. The molecule has 192 valence electrons. The number of benzene rings is 2. The van der Waals surface area contributed by atoms with Crippen LogP contribution in [0.1, 0.15) is 62.8 Å². The van der Waals surface area contributed by atoms with Crippen molar-refractivity contribution in [3.63, 3.8) is 0 Å². The highest BCUT2D eigenvalue weighted by Crippen LogP contribution is 2.55. The average molecular weight is 485 g/mol. The summed E-state index contributed by atoms with van der Waals surface area (Å²) in [6, 6.07) is 8.42. The van der Waals surface area contributed by atoms with Gasteiger partial charge in [-0.25, -0.2) is 0 Å². The van der Waals surface area contributed by atoms with E-state index in [4.69, 9.17) is 28.4 Å². The van der Waals surface area contributed by atoms with Crippen LogP contribution < -0.4 is 18.9 Å². The molecule has 0 bridgehead atoms. The summed E-state index contributed by atoms with van der Waals surface area (Å²) in [6.07, 6.45) is 1.48. The Labute approximate surface area is 209 Å². The standard InChI is InChI=1S/C29H40O6/c1-19-13-21-26(16-24(19)33-12-10-31-8)35-29(17-27(21,3)4)18-28(5,6)22-15-23(32-11-9-30-7)20(2)14-25(22)34-29/h13-16H,9-12,17-18H2,1-8H3. The van der Waals surface area contributed by atoms with Gasteiger partial charge in [-0.1, -0.05) is 27.7 Å². The van der Waals surface area contributed by atoms with E-state index in [1.807, 2.05) is 13.0 Å². The molecule has 6 nitrogen and oxygen atoms in total. The minimum Gasteiger partial charge on any atom is -0.491 e. The third-order valence-corrected chi connectivity index (χ3v) is 7.12. The molecule has 2 aromatic carbocycles. The summed E-state index contributed by atoms with van der Waals surface area (Å²) >= 11 is 0. The average Bonchev–Trinajstić information content (AvgIpc) is 2.75. The number of ether oxygens (including phenoxy) is 6. The largest absolute Gasteiger partial charge is 0.491 e.